The van der Waals surface area contributed by atoms with Crippen LogP contribution in [0.1, 0.15) is 108 Å². The maximum atomic E-state index is 16.4. The third kappa shape index (κ3) is 5.76. The molecular formula is C46H43F2N11O5. The quantitative estimate of drug-likeness (QED) is 0.177. The largest absolute Gasteiger partial charge is 0.438 e. The molecule has 2 aromatic carbocycles. The smallest absolute Gasteiger partial charge is 0.381 e. The second kappa shape index (κ2) is 14.0. The maximum Gasteiger partial charge on any atom is 0.438 e. The number of nitrogens with zero attached hydrogens (tertiary/aromatic N) is 10. The van der Waals surface area contributed by atoms with E-state index in [0.29, 0.717) is 94.4 Å². The number of H-pyrrole nitrogens is 1. The normalized spacial score (nSPS) is 18.6. The first-order chi connectivity index (χ1) is 31.0. The maximum absolute atomic E-state index is 16.4. The van der Waals surface area contributed by atoms with E-state index in [-0.39, 0.29) is 35.9 Å². The van der Waals surface area contributed by atoms with Gasteiger partial charge in [0, 0.05) is 55.7 Å². The number of aromatic amines is 1. The molecule has 0 radical (unpaired) electrons. The number of ether oxygens (including phenoxy) is 1. The van der Waals surface area contributed by atoms with Crippen LogP contribution < -0.4 is 11.4 Å². The second-order valence-corrected chi connectivity index (χ2v) is 17.8. The van der Waals surface area contributed by atoms with Gasteiger partial charge in [0.1, 0.15) is 28.5 Å². The minimum absolute atomic E-state index is 0.0636. The molecular weight excluding hydrogens is 825 g/mol. The van der Waals surface area contributed by atoms with Crippen LogP contribution >= 0.6 is 0 Å². The number of aryl methyl sites for hydroxylation is 2. The lowest BCUT2D eigenvalue weighted by Crippen LogP contribution is -2.41. The lowest BCUT2D eigenvalue weighted by Gasteiger charge is -2.34. The summed E-state index contributed by atoms with van der Waals surface area (Å²) in [5.74, 6) is -0.965. The fourth-order valence-corrected chi connectivity index (χ4v) is 10.2. The van der Waals surface area contributed by atoms with Crippen molar-refractivity contribution in [3.63, 3.8) is 0 Å². The van der Waals surface area contributed by atoms with E-state index >= 15 is 13.6 Å². The number of imidazole rings is 1. The molecule has 1 amide bonds. The summed E-state index contributed by atoms with van der Waals surface area (Å²) in [5.41, 5.74) is 3.91. The number of benzene rings is 2. The van der Waals surface area contributed by atoms with Crippen LogP contribution in [0, 0.1) is 25.5 Å². The van der Waals surface area contributed by atoms with Crippen molar-refractivity contribution < 1.29 is 22.8 Å². The van der Waals surface area contributed by atoms with Crippen LogP contribution in [-0.4, -0.2) is 79.0 Å². The van der Waals surface area contributed by atoms with Crippen molar-refractivity contribution in [1.29, 1.82) is 0 Å². The predicted octanol–water partition coefficient (Wildman–Crippen LogP) is 6.61. The van der Waals surface area contributed by atoms with Gasteiger partial charge in [-0.3, -0.25) is 28.1 Å². The van der Waals surface area contributed by atoms with Crippen LogP contribution in [0.25, 0.3) is 39.1 Å². The number of hydrogen-bond donors (Lipinski definition) is 1. The summed E-state index contributed by atoms with van der Waals surface area (Å²) in [4.78, 5) is 51.8. The fraction of sp³-hybridized carbons (Fsp3) is 0.370. The van der Waals surface area contributed by atoms with Gasteiger partial charge in [0.05, 0.1) is 46.3 Å². The van der Waals surface area contributed by atoms with E-state index in [1.807, 2.05) is 28.4 Å². The highest BCUT2D eigenvalue weighted by atomic mass is 19.1. The molecule has 0 bridgehead atoms. The highest BCUT2D eigenvalue weighted by molar-refractivity contribution is 5.99. The molecule has 1 atom stereocenters. The summed E-state index contributed by atoms with van der Waals surface area (Å²) < 4.78 is 50.1. The van der Waals surface area contributed by atoms with Gasteiger partial charge < -0.3 is 14.2 Å². The van der Waals surface area contributed by atoms with Gasteiger partial charge >= 0.3 is 11.4 Å². The zero-order valence-corrected chi connectivity index (χ0v) is 35.3. The topological polar surface area (TPSA) is 169 Å². The van der Waals surface area contributed by atoms with Crippen LogP contribution in [0.3, 0.4) is 0 Å². The van der Waals surface area contributed by atoms with Gasteiger partial charge in [0.25, 0.3) is 5.91 Å². The van der Waals surface area contributed by atoms with Gasteiger partial charge in [-0.1, -0.05) is 5.16 Å². The molecule has 6 aromatic heterocycles. The van der Waals surface area contributed by atoms with Gasteiger partial charge in [0.15, 0.2) is 11.6 Å². The number of halogens is 2. The van der Waals surface area contributed by atoms with Gasteiger partial charge in [0.2, 0.25) is 0 Å². The Hall–Kier alpha value is -6.95. The number of hydrogen-bond acceptors (Lipinski definition) is 9. The zero-order valence-electron chi connectivity index (χ0n) is 35.3. The Morgan fingerprint density at radius 3 is 2.42 bits per heavy atom. The Balaban J connectivity index is 0.992. The Bertz CT molecular complexity index is 3330. The first kappa shape index (κ1) is 38.7. The number of nitrogens with one attached hydrogen (secondary N) is 1. The van der Waals surface area contributed by atoms with Crippen molar-refractivity contribution in [2.45, 2.75) is 89.3 Å². The third-order valence-electron chi connectivity index (χ3n) is 13.8. The van der Waals surface area contributed by atoms with E-state index in [1.165, 1.54) is 21.5 Å². The summed E-state index contributed by atoms with van der Waals surface area (Å²) in [6, 6.07) is 10.3. The minimum Gasteiger partial charge on any atom is -0.381 e. The number of fused-ring (bicyclic) bond motifs is 3. The van der Waals surface area contributed by atoms with Crippen molar-refractivity contribution in [1.82, 2.24) is 53.3 Å². The Morgan fingerprint density at radius 1 is 0.938 bits per heavy atom. The number of carbonyl (C=O) groups is 1. The molecule has 0 spiro atoms. The van der Waals surface area contributed by atoms with E-state index in [4.69, 9.17) is 19.3 Å². The van der Waals surface area contributed by atoms with Gasteiger partial charge in [-0.2, -0.15) is 10.2 Å². The zero-order chi connectivity index (χ0) is 43.8. The number of rotatable bonds is 8. The summed E-state index contributed by atoms with van der Waals surface area (Å²) in [5, 5.41) is 14.7. The molecule has 1 saturated heterocycles. The van der Waals surface area contributed by atoms with Crippen molar-refractivity contribution in [3.8, 4) is 17.2 Å². The molecule has 8 heterocycles. The number of carbonyl (C=O) groups excluding carboxylic acids is 1. The first-order valence-electron chi connectivity index (χ1n) is 21.8. The molecule has 2 aliphatic carbocycles. The van der Waals surface area contributed by atoms with Crippen LogP contribution in [0.4, 0.5) is 8.78 Å². The highest BCUT2D eigenvalue weighted by Crippen LogP contribution is 2.51. The molecule has 2 saturated carbocycles. The minimum atomic E-state index is -0.865. The third-order valence-corrected chi connectivity index (χ3v) is 13.8. The molecule has 8 aromatic rings. The standard InChI is InChI=1S/C46H43F2N11O5/c1-24-18-31(19-25(2)38(24)47)59-41(56-15-14-55(45(56)62)35-7-6-34-32(39(35)48)23-50-58(34)30-4-5-30)37-26(3)54(13-8-33(37)52-59)42(60)36-21-28-20-29(27-9-16-63-17-10-27)22-49-40(28)57(36)46(11-12-46)43-51-44(61)64-53-43/h6-7,14-15,18-23,26-27,30H,4-5,8-13,16-17H2,1-3H3,(H,51,53,61)/t26-/m0/s1. The Labute approximate surface area is 362 Å². The predicted molar refractivity (Wildman–Crippen MR) is 229 cm³/mol. The van der Waals surface area contributed by atoms with Crippen LogP contribution in [0.5, 0.6) is 0 Å². The van der Waals surface area contributed by atoms with Gasteiger partial charge in [-0.25, -0.2) is 28.0 Å². The average Bonchev–Trinajstić information content (AvgIpc) is 4.00. The van der Waals surface area contributed by atoms with E-state index in [0.717, 1.165) is 36.6 Å². The lowest BCUT2D eigenvalue weighted by molar-refractivity contribution is 0.0663. The molecule has 3 fully saturated rings. The van der Waals surface area contributed by atoms with Gasteiger partial charge in [-0.05, 0) is 118 Å². The van der Waals surface area contributed by atoms with Crippen molar-refractivity contribution in [2.24, 2.45) is 0 Å². The SMILES string of the molecule is Cc1cc(-n2nc3c(c2-n2ccn(-c4ccc5c(cnn5C5CC5)c4F)c2=O)[C@H](C)N(C(=O)c2cc4cc(C5CCOCC5)cnc4n2C2(c4noc(=O)[nH]4)CC2)CC3)cc(C)c1F. The molecule has 326 valence electrons. The van der Waals surface area contributed by atoms with Gasteiger partial charge in [-0.15, -0.1) is 0 Å². The van der Waals surface area contributed by atoms with Crippen LogP contribution in [0.2, 0.25) is 0 Å². The van der Waals surface area contributed by atoms with Crippen LogP contribution in [-0.2, 0) is 16.7 Å². The summed E-state index contributed by atoms with van der Waals surface area (Å²) >= 11 is 0. The Kier molecular flexibility index (Phi) is 8.48. The Morgan fingerprint density at radius 2 is 1.70 bits per heavy atom. The lowest BCUT2D eigenvalue weighted by atomic mass is 9.92. The van der Waals surface area contributed by atoms with E-state index in [1.54, 1.807) is 53.9 Å². The van der Waals surface area contributed by atoms with Crippen molar-refractivity contribution in [2.75, 3.05) is 19.8 Å². The summed E-state index contributed by atoms with van der Waals surface area (Å²) in [7, 11) is 0. The van der Waals surface area contributed by atoms with E-state index < -0.39 is 28.8 Å². The van der Waals surface area contributed by atoms with E-state index in [9.17, 15) is 9.59 Å². The summed E-state index contributed by atoms with van der Waals surface area (Å²) in [6.45, 7) is 6.87. The highest BCUT2D eigenvalue weighted by Gasteiger charge is 2.53. The molecule has 1 N–H and O–H groups in total. The number of pyridine rings is 1. The molecule has 64 heavy (non-hydrogen) atoms. The number of aromatic nitrogens is 10. The molecule has 2 aliphatic heterocycles. The molecule has 16 nitrogen and oxygen atoms in total. The first-order valence-corrected chi connectivity index (χ1v) is 21.8. The van der Waals surface area contributed by atoms with Crippen LogP contribution in [0.15, 0.2) is 75.3 Å². The average molecular weight is 868 g/mol. The molecule has 0 unspecified atom stereocenters. The second-order valence-electron chi connectivity index (χ2n) is 17.8. The number of amides is 1. The van der Waals surface area contributed by atoms with E-state index in [2.05, 4.69) is 21.3 Å². The molecule has 18 heteroatoms. The molecule has 4 aliphatic rings. The van der Waals surface area contributed by atoms with Crippen molar-refractivity contribution in [3.05, 3.63) is 133 Å². The monoisotopic (exact) mass is 867 g/mol. The van der Waals surface area contributed by atoms with Crippen molar-refractivity contribution >= 4 is 27.8 Å². The molecule has 12 rings (SSSR count). The fourth-order valence-electron chi connectivity index (χ4n) is 10.2. The summed E-state index contributed by atoms with van der Waals surface area (Å²) in [6.07, 6.45) is 11.7.